The number of carbonyl (C=O) groups excluding carboxylic acids is 1. The molecule has 0 saturated carbocycles. The summed E-state index contributed by atoms with van der Waals surface area (Å²) in [7, 11) is 0. The van der Waals surface area contributed by atoms with Gasteiger partial charge in [-0.1, -0.05) is 30.3 Å². The highest BCUT2D eigenvalue weighted by molar-refractivity contribution is 5.94. The largest absolute Gasteiger partial charge is 0.376 e. The lowest BCUT2D eigenvalue weighted by Crippen LogP contribution is -2.41. The molecule has 25 heavy (non-hydrogen) atoms. The van der Waals surface area contributed by atoms with Crippen LogP contribution < -0.4 is 0 Å². The molecule has 0 aliphatic carbocycles. The van der Waals surface area contributed by atoms with Gasteiger partial charge in [-0.05, 0) is 30.5 Å². The average molecular weight is 340 g/mol. The van der Waals surface area contributed by atoms with E-state index in [0.29, 0.717) is 25.4 Å². The summed E-state index contributed by atoms with van der Waals surface area (Å²) >= 11 is 0. The molecule has 1 aliphatic rings. The van der Waals surface area contributed by atoms with Gasteiger partial charge >= 0.3 is 0 Å². The average Bonchev–Trinajstić information content (AvgIpc) is 2.69. The molecule has 5 heteroatoms. The number of pyridine rings is 1. The first kappa shape index (κ1) is 17.6. The Bertz CT molecular complexity index is 641. The van der Waals surface area contributed by atoms with Crippen LogP contribution in [-0.2, 0) is 16.1 Å². The number of rotatable bonds is 7. The predicted molar refractivity (Wildman–Crippen MR) is 95.2 cm³/mol. The lowest BCUT2D eigenvalue weighted by Gasteiger charge is -2.32. The predicted octanol–water partition coefficient (Wildman–Crippen LogP) is 2.92. The second-order valence-electron chi connectivity index (χ2n) is 6.14. The van der Waals surface area contributed by atoms with Crippen molar-refractivity contribution in [1.29, 1.82) is 0 Å². The summed E-state index contributed by atoms with van der Waals surface area (Å²) in [6, 6.07) is 13.6. The molecule has 1 aromatic heterocycles. The summed E-state index contributed by atoms with van der Waals surface area (Å²) in [6.45, 7) is 3.26. The summed E-state index contributed by atoms with van der Waals surface area (Å²) < 4.78 is 11.5. The van der Waals surface area contributed by atoms with Crippen molar-refractivity contribution in [1.82, 2.24) is 9.88 Å². The molecule has 1 saturated heterocycles. The van der Waals surface area contributed by atoms with Gasteiger partial charge in [0.15, 0.2) is 0 Å². The second-order valence-corrected chi connectivity index (χ2v) is 6.14. The minimum absolute atomic E-state index is 0.0760. The molecular weight excluding hydrogens is 316 g/mol. The van der Waals surface area contributed by atoms with Crippen LogP contribution in [0.5, 0.6) is 0 Å². The van der Waals surface area contributed by atoms with Gasteiger partial charge in [-0.2, -0.15) is 0 Å². The van der Waals surface area contributed by atoms with Crippen LogP contribution >= 0.6 is 0 Å². The van der Waals surface area contributed by atoms with Crippen molar-refractivity contribution in [3.05, 3.63) is 66.0 Å². The standard InChI is InChI=1S/C20H24N2O3/c23-20(18-6-10-21-11-7-18)22-12-8-19(9-13-22)25-15-14-24-16-17-4-2-1-3-5-17/h1-7,10-11,19H,8-9,12-16H2. The minimum Gasteiger partial charge on any atom is -0.376 e. The van der Waals surface area contributed by atoms with E-state index in [2.05, 4.69) is 17.1 Å². The van der Waals surface area contributed by atoms with E-state index < -0.39 is 0 Å². The maximum atomic E-state index is 12.4. The van der Waals surface area contributed by atoms with Crippen molar-refractivity contribution < 1.29 is 14.3 Å². The fourth-order valence-corrected chi connectivity index (χ4v) is 2.94. The third kappa shape index (κ3) is 5.37. The number of nitrogens with zero attached hydrogens (tertiary/aromatic N) is 2. The fraction of sp³-hybridized carbons (Fsp3) is 0.400. The van der Waals surface area contributed by atoms with Crippen molar-refractivity contribution in [2.24, 2.45) is 0 Å². The van der Waals surface area contributed by atoms with Crippen LogP contribution in [-0.4, -0.2) is 48.2 Å². The van der Waals surface area contributed by atoms with Crippen molar-refractivity contribution in [3.8, 4) is 0 Å². The highest BCUT2D eigenvalue weighted by Crippen LogP contribution is 2.16. The molecule has 1 amide bonds. The van der Waals surface area contributed by atoms with E-state index in [1.165, 1.54) is 5.56 Å². The van der Waals surface area contributed by atoms with Gasteiger partial charge in [0.2, 0.25) is 0 Å². The highest BCUT2D eigenvalue weighted by atomic mass is 16.5. The van der Waals surface area contributed by atoms with Gasteiger partial charge < -0.3 is 14.4 Å². The van der Waals surface area contributed by atoms with E-state index in [1.807, 2.05) is 23.1 Å². The van der Waals surface area contributed by atoms with Crippen molar-refractivity contribution in [2.75, 3.05) is 26.3 Å². The summed E-state index contributed by atoms with van der Waals surface area (Å²) in [5.41, 5.74) is 1.87. The maximum absolute atomic E-state index is 12.4. The Hall–Kier alpha value is -2.24. The number of aromatic nitrogens is 1. The molecular formula is C20H24N2O3. The first-order valence-corrected chi connectivity index (χ1v) is 8.75. The molecule has 0 bridgehead atoms. The Morgan fingerprint density at radius 2 is 1.76 bits per heavy atom. The number of carbonyl (C=O) groups is 1. The summed E-state index contributed by atoms with van der Waals surface area (Å²) in [5.74, 6) is 0.0760. The van der Waals surface area contributed by atoms with E-state index in [0.717, 1.165) is 25.9 Å². The molecule has 1 aliphatic heterocycles. The zero-order valence-corrected chi connectivity index (χ0v) is 14.3. The van der Waals surface area contributed by atoms with Gasteiger partial charge in [0.1, 0.15) is 0 Å². The Morgan fingerprint density at radius 3 is 2.48 bits per heavy atom. The van der Waals surface area contributed by atoms with E-state index in [9.17, 15) is 4.79 Å². The molecule has 1 fully saturated rings. The van der Waals surface area contributed by atoms with Gasteiger partial charge in [-0.25, -0.2) is 0 Å². The zero-order chi connectivity index (χ0) is 17.3. The van der Waals surface area contributed by atoms with Crippen LogP contribution in [0.2, 0.25) is 0 Å². The Labute approximate surface area is 148 Å². The van der Waals surface area contributed by atoms with Gasteiger partial charge in [0, 0.05) is 31.0 Å². The molecule has 0 spiro atoms. The molecule has 1 aromatic carbocycles. The van der Waals surface area contributed by atoms with Crippen molar-refractivity contribution >= 4 is 5.91 Å². The number of amides is 1. The minimum atomic E-state index is 0.0760. The number of piperidine rings is 1. The quantitative estimate of drug-likeness (QED) is 0.727. The molecule has 132 valence electrons. The molecule has 0 atom stereocenters. The monoisotopic (exact) mass is 340 g/mol. The molecule has 5 nitrogen and oxygen atoms in total. The van der Waals surface area contributed by atoms with Crippen LogP contribution in [0.1, 0.15) is 28.8 Å². The number of benzene rings is 1. The van der Waals surface area contributed by atoms with Gasteiger partial charge in [0.25, 0.3) is 5.91 Å². The normalized spacial score (nSPS) is 15.3. The molecule has 0 N–H and O–H groups in total. The van der Waals surface area contributed by atoms with E-state index in [1.54, 1.807) is 24.5 Å². The molecule has 0 radical (unpaired) electrons. The topological polar surface area (TPSA) is 51.7 Å². The van der Waals surface area contributed by atoms with E-state index >= 15 is 0 Å². The molecule has 2 heterocycles. The Kier molecular flexibility index (Phi) is 6.54. The van der Waals surface area contributed by atoms with Crippen molar-refractivity contribution in [3.63, 3.8) is 0 Å². The first-order valence-electron chi connectivity index (χ1n) is 8.75. The molecule has 2 aromatic rings. The number of ether oxygens (including phenoxy) is 2. The maximum Gasteiger partial charge on any atom is 0.253 e. The van der Waals surface area contributed by atoms with Crippen molar-refractivity contribution in [2.45, 2.75) is 25.6 Å². The SMILES string of the molecule is O=C(c1ccncc1)N1CCC(OCCOCc2ccccc2)CC1. The number of hydrogen-bond acceptors (Lipinski definition) is 4. The van der Waals surface area contributed by atoms with Gasteiger partial charge in [0.05, 0.1) is 25.9 Å². The third-order valence-electron chi connectivity index (χ3n) is 4.35. The third-order valence-corrected chi connectivity index (χ3v) is 4.35. The van der Waals surface area contributed by atoms with Crippen LogP contribution in [0.3, 0.4) is 0 Å². The fourth-order valence-electron chi connectivity index (χ4n) is 2.94. The van der Waals surface area contributed by atoms with Crippen LogP contribution in [0.15, 0.2) is 54.9 Å². The summed E-state index contributed by atoms with van der Waals surface area (Å²) in [4.78, 5) is 18.2. The lowest BCUT2D eigenvalue weighted by atomic mass is 10.1. The number of hydrogen-bond donors (Lipinski definition) is 0. The second kappa shape index (κ2) is 9.30. The smallest absolute Gasteiger partial charge is 0.253 e. The highest BCUT2D eigenvalue weighted by Gasteiger charge is 2.23. The zero-order valence-electron chi connectivity index (χ0n) is 14.3. The Balaban J connectivity index is 1.31. The van der Waals surface area contributed by atoms with E-state index in [-0.39, 0.29) is 12.0 Å². The molecule has 3 rings (SSSR count). The van der Waals surface area contributed by atoms with Crippen LogP contribution in [0.4, 0.5) is 0 Å². The Morgan fingerprint density at radius 1 is 1.04 bits per heavy atom. The number of likely N-dealkylation sites (tertiary alicyclic amines) is 1. The molecule has 0 unspecified atom stereocenters. The van der Waals surface area contributed by atoms with Crippen LogP contribution in [0.25, 0.3) is 0 Å². The summed E-state index contributed by atoms with van der Waals surface area (Å²) in [5, 5.41) is 0. The van der Waals surface area contributed by atoms with E-state index in [4.69, 9.17) is 9.47 Å². The van der Waals surface area contributed by atoms with Crippen LogP contribution in [0, 0.1) is 0 Å². The first-order chi connectivity index (χ1) is 12.3. The van der Waals surface area contributed by atoms with Gasteiger partial charge in [-0.3, -0.25) is 9.78 Å². The lowest BCUT2D eigenvalue weighted by molar-refractivity contribution is -0.0229. The summed E-state index contributed by atoms with van der Waals surface area (Å²) in [6.07, 6.45) is 5.25. The van der Waals surface area contributed by atoms with Gasteiger partial charge in [-0.15, -0.1) is 0 Å².